The second-order valence-corrected chi connectivity index (χ2v) is 7.86. The van der Waals surface area contributed by atoms with E-state index in [-0.39, 0.29) is 24.1 Å². The third-order valence-electron chi connectivity index (χ3n) is 5.55. The lowest BCUT2D eigenvalue weighted by Gasteiger charge is -2.31. The number of H-pyrrole nitrogens is 1. The van der Waals surface area contributed by atoms with E-state index >= 15 is 0 Å². The van der Waals surface area contributed by atoms with Crippen molar-refractivity contribution in [1.82, 2.24) is 9.97 Å². The Labute approximate surface area is 182 Å². The quantitative estimate of drug-likeness (QED) is 0.607. The molecule has 1 aliphatic heterocycles. The molecule has 32 heavy (non-hydrogen) atoms. The van der Waals surface area contributed by atoms with Crippen molar-refractivity contribution in [3.63, 3.8) is 0 Å². The molecule has 3 aromatic rings. The van der Waals surface area contributed by atoms with Crippen molar-refractivity contribution in [2.24, 2.45) is 0 Å². The third-order valence-corrected chi connectivity index (χ3v) is 5.55. The number of aromatic nitrogens is 2. The molecule has 6 nitrogen and oxygen atoms in total. The van der Waals surface area contributed by atoms with Crippen molar-refractivity contribution in [3.8, 4) is 0 Å². The van der Waals surface area contributed by atoms with Crippen LogP contribution >= 0.6 is 0 Å². The van der Waals surface area contributed by atoms with E-state index in [2.05, 4.69) is 15.3 Å². The summed E-state index contributed by atoms with van der Waals surface area (Å²) in [5.74, 6) is -0.0949. The molecule has 0 saturated carbocycles. The summed E-state index contributed by atoms with van der Waals surface area (Å²) >= 11 is 0. The number of fused-ring (bicyclic) bond motifs is 1. The Morgan fingerprint density at radius 3 is 2.59 bits per heavy atom. The Morgan fingerprint density at radius 1 is 1.09 bits per heavy atom. The molecule has 0 aliphatic carbocycles. The number of para-hydroxylation sites is 1. The number of benzene rings is 2. The van der Waals surface area contributed by atoms with Crippen LogP contribution in [0.4, 0.5) is 24.5 Å². The number of aromatic amines is 1. The van der Waals surface area contributed by atoms with E-state index in [1.807, 2.05) is 4.90 Å². The molecule has 0 bridgehead atoms. The van der Waals surface area contributed by atoms with Crippen LogP contribution in [0.15, 0.2) is 47.3 Å². The van der Waals surface area contributed by atoms with Gasteiger partial charge in [0.2, 0.25) is 5.91 Å². The average Bonchev–Trinajstić information content (AvgIpc) is 2.78. The fourth-order valence-corrected chi connectivity index (χ4v) is 3.92. The van der Waals surface area contributed by atoms with Crippen molar-refractivity contribution >= 4 is 28.2 Å². The Bertz CT molecular complexity index is 1180. The number of halogens is 3. The lowest BCUT2D eigenvalue weighted by Crippen LogP contribution is -2.30. The molecule has 1 amide bonds. The van der Waals surface area contributed by atoms with Gasteiger partial charge in [-0.05, 0) is 49.6 Å². The lowest BCUT2D eigenvalue weighted by atomic mass is 10.1. The van der Waals surface area contributed by atoms with Gasteiger partial charge >= 0.3 is 6.18 Å². The molecule has 4 rings (SSSR count). The topological polar surface area (TPSA) is 78.1 Å². The van der Waals surface area contributed by atoms with E-state index in [0.29, 0.717) is 22.4 Å². The number of hydrogen-bond donors (Lipinski definition) is 2. The van der Waals surface area contributed by atoms with Crippen LogP contribution in [0.25, 0.3) is 10.9 Å². The van der Waals surface area contributed by atoms with E-state index in [1.54, 1.807) is 24.3 Å². The molecule has 0 atom stereocenters. The molecule has 0 unspecified atom stereocenters. The fraction of sp³-hybridized carbons (Fsp3) is 0.348. The Kier molecular flexibility index (Phi) is 6.16. The first-order chi connectivity index (χ1) is 15.3. The molecule has 1 saturated heterocycles. The van der Waals surface area contributed by atoms with Crippen molar-refractivity contribution < 1.29 is 18.0 Å². The molecular formula is C23H23F3N4O2. The van der Waals surface area contributed by atoms with E-state index in [9.17, 15) is 22.8 Å². The van der Waals surface area contributed by atoms with Crippen LogP contribution in [0.3, 0.4) is 0 Å². The van der Waals surface area contributed by atoms with Crippen LogP contribution < -0.4 is 15.8 Å². The number of rotatable bonds is 5. The highest BCUT2D eigenvalue weighted by Crippen LogP contribution is 2.36. The zero-order chi connectivity index (χ0) is 22.7. The fourth-order valence-electron chi connectivity index (χ4n) is 3.92. The minimum absolute atomic E-state index is 0.0308. The second kappa shape index (κ2) is 9.02. The Hall–Kier alpha value is -3.36. The normalized spacial score (nSPS) is 14.5. The van der Waals surface area contributed by atoms with Crippen LogP contribution in [-0.2, 0) is 17.4 Å². The standard InChI is InChI=1S/C23H23F3N4O2/c24-23(25,26)15-8-9-19(30-12-4-1-5-13-30)18(14-15)28-21(31)11-10-20-27-17-7-3-2-6-16(17)22(32)29-20/h2-3,6-9,14H,1,4-5,10-13H2,(H,28,31)(H,27,29,32). The van der Waals surface area contributed by atoms with Crippen molar-refractivity contribution in [2.45, 2.75) is 38.3 Å². The third kappa shape index (κ3) is 4.92. The number of anilines is 2. The molecule has 0 spiro atoms. The molecule has 1 aliphatic rings. The Balaban J connectivity index is 1.52. The van der Waals surface area contributed by atoms with Gasteiger partial charge in [-0.25, -0.2) is 4.98 Å². The highest BCUT2D eigenvalue weighted by Gasteiger charge is 2.31. The number of nitrogens with zero attached hydrogens (tertiary/aromatic N) is 2. The summed E-state index contributed by atoms with van der Waals surface area (Å²) in [7, 11) is 0. The van der Waals surface area contributed by atoms with E-state index < -0.39 is 17.6 Å². The minimum Gasteiger partial charge on any atom is -0.370 e. The number of amides is 1. The molecule has 2 heterocycles. The number of aryl methyl sites for hydroxylation is 1. The molecule has 0 radical (unpaired) electrons. The number of hydrogen-bond acceptors (Lipinski definition) is 4. The summed E-state index contributed by atoms with van der Waals surface area (Å²) in [5, 5.41) is 3.10. The van der Waals surface area contributed by atoms with Crippen LogP contribution in [0.1, 0.15) is 37.1 Å². The maximum atomic E-state index is 13.2. The smallest absolute Gasteiger partial charge is 0.370 e. The SMILES string of the molecule is O=C(CCc1nc2ccccc2c(=O)[nH]1)Nc1cc(C(F)(F)F)ccc1N1CCCCC1. The largest absolute Gasteiger partial charge is 0.416 e. The van der Waals surface area contributed by atoms with Gasteiger partial charge in [-0.15, -0.1) is 0 Å². The summed E-state index contributed by atoms with van der Waals surface area (Å²) in [5.41, 5.74) is 0.150. The zero-order valence-electron chi connectivity index (χ0n) is 17.3. The van der Waals surface area contributed by atoms with E-state index in [0.717, 1.165) is 44.5 Å². The van der Waals surface area contributed by atoms with Crippen molar-refractivity contribution in [2.75, 3.05) is 23.3 Å². The number of nitrogens with one attached hydrogen (secondary N) is 2. The van der Waals surface area contributed by atoms with Gasteiger partial charge in [0.25, 0.3) is 5.56 Å². The van der Waals surface area contributed by atoms with Gasteiger partial charge < -0.3 is 15.2 Å². The highest BCUT2D eigenvalue weighted by atomic mass is 19.4. The van der Waals surface area contributed by atoms with Gasteiger partial charge in [-0.3, -0.25) is 9.59 Å². The highest BCUT2D eigenvalue weighted by molar-refractivity contribution is 5.94. The van der Waals surface area contributed by atoms with E-state index in [4.69, 9.17) is 0 Å². The van der Waals surface area contributed by atoms with Gasteiger partial charge in [0.15, 0.2) is 0 Å². The number of carbonyl (C=O) groups is 1. The maximum absolute atomic E-state index is 13.2. The summed E-state index contributed by atoms with van der Waals surface area (Å²) in [6.45, 7) is 1.47. The first-order valence-electron chi connectivity index (χ1n) is 10.6. The average molecular weight is 444 g/mol. The maximum Gasteiger partial charge on any atom is 0.416 e. The summed E-state index contributed by atoms with van der Waals surface area (Å²) in [6, 6.07) is 10.3. The second-order valence-electron chi connectivity index (χ2n) is 7.86. The van der Waals surface area contributed by atoms with Gasteiger partial charge in [0.05, 0.1) is 27.8 Å². The van der Waals surface area contributed by atoms with Crippen LogP contribution in [-0.4, -0.2) is 29.0 Å². The number of carbonyl (C=O) groups excluding carboxylic acids is 1. The molecular weight excluding hydrogens is 421 g/mol. The predicted molar refractivity (Wildman–Crippen MR) is 117 cm³/mol. The zero-order valence-corrected chi connectivity index (χ0v) is 17.3. The molecule has 168 valence electrons. The van der Waals surface area contributed by atoms with Crippen LogP contribution in [0, 0.1) is 0 Å². The molecule has 2 N–H and O–H groups in total. The van der Waals surface area contributed by atoms with Gasteiger partial charge in [0, 0.05) is 25.9 Å². The Morgan fingerprint density at radius 2 is 1.84 bits per heavy atom. The summed E-state index contributed by atoms with van der Waals surface area (Å²) in [6.07, 6.45) is -1.39. The van der Waals surface area contributed by atoms with Crippen molar-refractivity contribution in [1.29, 1.82) is 0 Å². The van der Waals surface area contributed by atoms with E-state index in [1.165, 1.54) is 6.07 Å². The van der Waals surface area contributed by atoms with Crippen molar-refractivity contribution in [3.05, 3.63) is 64.2 Å². The lowest BCUT2D eigenvalue weighted by molar-refractivity contribution is -0.137. The van der Waals surface area contributed by atoms with Gasteiger partial charge in [-0.2, -0.15) is 13.2 Å². The first kappa shape index (κ1) is 21.9. The minimum atomic E-state index is -4.51. The van der Waals surface area contributed by atoms with Crippen LogP contribution in [0.2, 0.25) is 0 Å². The molecule has 1 fully saturated rings. The molecule has 2 aromatic carbocycles. The number of alkyl halides is 3. The number of piperidine rings is 1. The summed E-state index contributed by atoms with van der Waals surface area (Å²) < 4.78 is 39.7. The molecule has 9 heteroatoms. The monoisotopic (exact) mass is 444 g/mol. The van der Waals surface area contributed by atoms with Gasteiger partial charge in [0.1, 0.15) is 5.82 Å². The molecule has 1 aromatic heterocycles. The predicted octanol–water partition coefficient (Wildman–Crippen LogP) is 4.50. The summed E-state index contributed by atoms with van der Waals surface area (Å²) in [4.78, 5) is 33.8. The van der Waals surface area contributed by atoms with Gasteiger partial charge in [-0.1, -0.05) is 12.1 Å². The first-order valence-corrected chi connectivity index (χ1v) is 10.6. The van der Waals surface area contributed by atoms with Crippen LogP contribution in [0.5, 0.6) is 0 Å².